The number of phenols is 1. The Morgan fingerprint density at radius 2 is 1.73 bits per heavy atom. The van der Waals surface area contributed by atoms with Gasteiger partial charge in [-0.2, -0.15) is 0 Å². The highest BCUT2D eigenvalue weighted by Gasteiger charge is 2.46. The van der Waals surface area contributed by atoms with Crippen LogP contribution in [-0.4, -0.2) is 72.0 Å². The van der Waals surface area contributed by atoms with Crippen LogP contribution in [0, 0.1) is 0 Å². The van der Waals surface area contributed by atoms with Crippen molar-refractivity contribution in [2.75, 3.05) is 20.8 Å². The number of phenolic OH excluding ortho intramolecular Hbond substituents is 1. The Kier molecular flexibility index (Phi) is 6.54. The molecule has 4 N–H and O–H groups in total. The molecule has 176 valence electrons. The normalized spacial score (nSPS) is 25.2. The summed E-state index contributed by atoms with van der Waals surface area (Å²) in [6.07, 6.45) is -6.12. The van der Waals surface area contributed by atoms with Crippen LogP contribution in [0.2, 0.25) is 0 Å². The van der Waals surface area contributed by atoms with Gasteiger partial charge in [0, 0.05) is 24.8 Å². The zero-order chi connectivity index (χ0) is 23.7. The lowest BCUT2D eigenvalue weighted by Crippen LogP contribution is -2.60. The van der Waals surface area contributed by atoms with E-state index in [2.05, 4.69) is 0 Å². The summed E-state index contributed by atoms with van der Waals surface area (Å²) in [5, 5.41) is 40.1. The number of aliphatic hydroxyl groups is 3. The second-order valence-corrected chi connectivity index (χ2v) is 7.55. The van der Waals surface area contributed by atoms with Crippen LogP contribution >= 0.6 is 0 Å². The van der Waals surface area contributed by atoms with E-state index in [4.69, 9.17) is 23.4 Å². The lowest BCUT2D eigenvalue weighted by atomic mass is 9.99. The van der Waals surface area contributed by atoms with Crippen LogP contribution in [0.15, 0.2) is 51.7 Å². The summed E-state index contributed by atoms with van der Waals surface area (Å²) in [5.41, 5.74) is 0.438. The molecular formula is C23H24O10. The van der Waals surface area contributed by atoms with Crippen molar-refractivity contribution in [1.29, 1.82) is 0 Å². The van der Waals surface area contributed by atoms with Crippen LogP contribution in [0.3, 0.4) is 0 Å². The Labute approximate surface area is 188 Å². The Morgan fingerprint density at radius 3 is 2.36 bits per heavy atom. The SMILES string of the molecule is COc1cc2c(=O)cc(-c3ccc(O)cc3)oc2cc1O[C@@H]1O[C@H](CO)[C@@H](OC)[C@H](O)[C@H]1O. The van der Waals surface area contributed by atoms with Crippen LogP contribution in [0.1, 0.15) is 0 Å². The molecule has 1 aliphatic rings. The van der Waals surface area contributed by atoms with E-state index in [0.717, 1.165) is 0 Å². The Balaban J connectivity index is 1.72. The van der Waals surface area contributed by atoms with Gasteiger partial charge < -0.3 is 43.8 Å². The molecule has 5 atom stereocenters. The van der Waals surface area contributed by atoms with Gasteiger partial charge in [-0.3, -0.25) is 4.79 Å². The van der Waals surface area contributed by atoms with E-state index in [0.29, 0.717) is 5.56 Å². The zero-order valence-corrected chi connectivity index (χ0v) is 17.9. The van der Waals surface area contributed by atoms with Gasteiger partial charge >= 0.3 is 0 Å². The zero-order valence-electron chi connectivity index (χ0n) is 17.9. The first-order valence-electron chi connectivity index (χ1n) is 10.1. The number of methoxy groups -OCH3 is 2. The Hall–Kier alpha value is -3.15. The van der Waals surface area contributed by atoms with Crippen molar-refractivity contribution in [1.82, 2.24) is 0 Å². The standard InChI is InChI=1S/C23H24O10/c1-29-17-7-13-14(26)8-15(11-3-5-12(25)6-4-11)31-16(13)9-18(17)32-23-21(28)20(27)22(30-2)19(10-24)33-23/h3-9,19-25,27-28H,10H2,1-2H3/t19-,20-,21-,22-,23-/m1/s1. The lowest BCUT2D eigenvalue weighted by molar-refractivity contribution is -0.282. The van der Waals surface area contributed by atoms with E-state index in [1.807, 2.05) is 0 Å². The number of hydrogen-bond acceptors (Lipinski definition) is 10. The molecule has 0 aliphatic carbocycles. The number of rotatable bonds is 6. The highest BCUT2D eigenvalue weighted by Crippen LogP contribution is 2.35. The number of hydrogen-bond donors (Lipinski definition) is 4. The van der Waals surface area contributed by atoms with Crippen molar-refractivity contribution >= 4 is 11.0 Å². The second-order valence-electron chi connectivity index (χ2n) is 7.55. The molecule has 4 rings (SSSR count). The second kappa shape index (κ2) is 9.38. The first-order chi connectivity index (χ1) is 15.9. The number of aliphatic hydroxyl groups excluding tert-OH is 3. The molecule has 0 bridgehead atoms. The lowest BCUT2D eigenvalue weighted by Gasteiger charge is -2.41. The topological polar surface area (TPSA) is 148 Å². The maximum absolute atomic E-state index is 12.7. The Morgan fingerprint density at radius 1 is 1.00 bits per heavy atom. The van der Waals surface area contributed by atoms with Gasteiger partial charge in [0.15, 0.2) is 16.9 Å². The fourth-order valence-electron chi connectivity index (χ4n) is 3.75. The van der Waals surface area contributed by atoms with Crippen molar-refractivity contribution in [3.8, 4) is 28.6 Å². The first kappa shape index (κ1) is 23.0. The molecular weight excluding hydrogens is 436 g/mol. The van der Waals surface area contributed by atoms with Crippen molar-refractivity contribution < 1.29 is 43.8 Å². The average Bonchev–Trinajstić information content (AvgIpc) is 2.81. The highest BCUT2D eigenvalue weighted by atomic mass is 16.7. The molecule has 33 heavy (non-hydrogen) atoms. The Bertz CT molecular complexity index is 1170. The number of ether oxygens (including phenoxy) is 4. The van der Waals surface area contributed by atoms with Crippen molar-refractivity contribution in [3.63, 3.8) is 0 Å². The van der Waals surface area contributed by atoms with E-state index in [9.17, 15) is 25.2 Å². The molecule has 3 aromatic rings. The fourth-order valence-corrected chi connectivity index (χ4v) is 3.75. The van der Waals surface area contributed by atoms with Crippen LogP contribution < -0.4 is 14.9 Å². The third-order valence-corrected chi connectivity index (χ3v) is 5.50. The van der Waals surface area contributed by atoms with E-state index in [-0.39, 0.29) is 39.4 Å². The summed E-state index contributed by atoms with van der Waals surface area (Å²) in [6, 6.07) is 10.3. The van der Waals surface area contributed by atoms with Gasteiger partial charge in [0.2, 0.25) is 6.29 Å². The molecule has 0 unspecified atom stereocenters. The third-order valence-electron chi connectivity index (χ3n) is 5.50. The maximum Gasteiger partial charge on any atom is 0.229 e. The van der Waals surface area contributed by atoms with Crippen molar-refractivity contribution in [3.05, 3.63) is 52.7 Å². The van der Waals surface area contributed by atoms with Gasteiger partial charge in [0.25, 0.3) is 0 Å². The quantitative estimate of drug-likeness (QED) is 0.420. The third kappa shape index (κ3) is 4.39. The monoisotopic (exact) mass is 460 g/mol. The fraction of sp³-hybridized carbons (Fsp3) is 0.348. The molecule has 1 fully saturated rings. The highest BCUT2D eigenvalue weighted by molar-refractivity contribution is 5.82. The number of aromatic hydroxyl groups is 1. The maximum atomic E-state index is 12.7. The average molecular weight is 460 g/mol. The van der Waals surface area contributed by atoms with Gasteiger partial charge in [-0.15, -0.1) is 0 Å². The molecule has 0 radical (unpaired) electrons. The minimum absolute atomic E-state index is 0.0763. The number of benzene rings is 2. The largest absolute Gasteiger partial charge is 0.508 e. The van der Waals surface area contributed by atoms with E-state index < -0.39 is 37.3 Å². The minimum Gasteiger partial charge on any atom is -0.508 e. The molecule has 0 saturated carbocycles. The van der Waals surface area contributed by atoms with Gasteiger partial charge in [-0.05, 0) is 30.3 Å². The van der Waals surface area contributed by atoms with Gasteiger partial charge in [0.05, 0.1) is 19.1 Å². The van der Waals surface area contributed by atoms with Crippen LogP contribution in [0.4, 0.5) is 0 Å². The predicted octanol–water partition coefficient (Wildman–Crippen LogP) is 1.01. The molecule has 2 aromatic carbocycles. The van der Waals surface area contributed by atoms with Gasteiger partial charge in [0.1, 0.15) is 41.5 Å². The van der Waals surface area contributed by atoms with Gasteiger partial charge in [-0.25, -0.2) is 0 Å². The van der Waals surface area contributed by atoms with Crippen molar-refractivity contribution in [2.45, 2.75) is 30.7 Å². The molecule has 0 spiro atoms. The smallest absolute Gasteiger partial charge is 0.229 e. The van der Waals surface area contributed by atoms with E-state index >= 15 is 0 Å². The predicted molar refractivity (Wildman–Crippen MR) is 115 cm³/mol. The summed E-state index contributed by atoms with van der Waals surface area (Å²) < 4.78 is 27.7. The summed E-state index contributed by atoms with van der Waals surface area (Å²) in [5.74, 6) is 0.607. The summed E-state index contributed by atoms with van der Waals surface area (Å²) in [4.78, 5) is 12.7. The minimum atomic E-state index is -1.49. The van der Waals surface area contributed by atoms with Crippen LogP contribution in [0.5, 0.6) is 17.2 Å². The summed E-state index contributed by atoms with van der Waals surface area (Å²) in [6.45, 7) is -0.470. The molecule has 1 saturated heterocycles. The molecule has 1 aliphatic heterocycles. The molecule has 2 heterocycles. The first-order valence-corrected chi connectivity index (χ1v) is 10.1. The van der Waals surface area contributed by atoms with Crippen LogP contribution in [-0.2, 0) is 9.47 Å². The summed E-state index contributed by atoms with van der Waals surface area (Å²) in [7, 11) is 2.71. The van der Waals surface area contributed by atoms with E-state index in [1.165, 1.54) is 44.6 Å². The molecule has 1 aromatic heterocycles. The summed E-state index contributed by atoms with van der Waals surface area (Å²) >= 11 is 0. The number of fused-ring (bicyclic) bond motifs is 1. The molecule has 10 nitrogen and oxygen atoms in total. The molecule has 10 heteroatoms. The molecule has 0 amide bonds. The van der Waals surface area contributed by atoms with Crippen molar-refractivity contribution in [2.24, 2.45) is 0 Å². The van der Waals surface area contributed by atoms with Gasteiger partial charge in [-0.1, -0.05) is 0 Å². The van der Waals surface area contributed by atoms with E-state index in [1.54, 1.807) is 12.1 Å². The van der Waals surface area contributed by atoms with Crippen LogP contribution in [0.25, 0.3) is 22.3 Å².